The zero-order chi connectivity index (χ0) is 19.1. The smallest absolute Gasteiger partial charge is 0.150 e. The molecule has 2 aromatic rings. The lowest BCUT2D eigenvalue weighted by atomic mass is 10.2. The van der Waals surface area contributed by atoms with Crippen LogP contribution in [-0.2, 0) is 0 Å². The van der Waals surface area contributed by atoms with Crippen LogP contribution in [0.3, 0.4) is 0 Å². The summed E-state index contributed by atoms with van der Waals surface area (Å²) in [6, 6.07) is 5.18. The van der Waals surface area contributed by atoms with E-state index < -0.39 is 0 Å². The topological polar surface area (TPSA) is 98.2 Å². The Hall–Kier alpha value is -2.45. The Labute approximate surface area is 164 Å². The van der Waals surface area contributed by atoms with Crippen LogP contribution in [0.1, 0.15) is 37.8 Å². The van der Waals surface area contributed by atoms with Crippen molar-refractivity contribution in [1.29, 1.82) is 0 Å². The highest BCUT2D eigenvalue weighted by atomic mass is 16.3. The van der Waals surface area contributed by atoms with E-state index in [9.17, 15) is 5.11 Å². The SMILES string of the molecule is C[C@@H](CO)Nc1cc(N2CC3CC2CN3)cc(Nc2cnc(C3CC3)cn2)n1. The first-order chi connectivity index (χ1) is 13.7. The molecule has 0 spiro atoms. The number of anilines is 4. The molecule has 8 heteroatoms. The van der Waals surface area contributed by atoms with Crippen molar-refractivity contribution in [3.63, 3.8) is 0 Å². The zero-order valence-electron chi connectivity index (χ0n) is 16.1. The van der Waals surface area contributed by atoms with E-state index in [4.69, 9.17) is 0 Å². The van der Waals surface area contributed by atoms with E-state index in [1.165, 1.54) is 19.3 Å². The molecular formula is C20H27N7O. The van der Waals surface area contributed by atoms with Crippen molar-refractivity contribution in [2.75, 3.05) is 35.2 Å². The Bertz CT molecular complexity index is 839. The monoisotopic (exact) mass is 381 g/mol. The molecule has 2 unspecified atom stereocenters. The average molecular weight is 381 g/mol. The lowest BCUT2D eigenvalue weighted by Crippen LogP contribution is -2.43. The molecule has 3 atom stereocenters. The minimum atomic E-state index is -0.0649. The molecule has 8 nitrogen and oxygen atoms in total. The molecule has 0 aromatic carbocycles. The largest absolute Gasteiger partial charge is 0.394 e. The van der Waals surface area contributed by atoms with Crippen molar-refractivity contribution in [3.05, 3.63) is 30.2 Å². The molecule has 4 N–H and O–H groups in total. The molecule has 148 valence electrons. The third-order valence-electron chi connectivity index (χ3n) is 5.79. The van der Waals surface area contributed by atoms with Gasteiger partial charge in [-0.1, -0.05) is 0 Å². The number of hydrogen-bond donors (Lipinski definition) is 4. The van der Waals surface area contributed by atoms with E-state index >= 15 is 0 Å². The molecule has 0 amide bonds. The first kappa shape index (κ1) is 17.6. The summed E-state index contributed by atoms with van der Waals surface area (Å²) in [5, 5.41) is 19.5. The second kappa shape index (κ2) is 7.18. The number of piperazine rings is 1. The maximum absolute atomic E-state index is 9.40. The van der Waals surface area contributed by atoms with Crippen LogP contribution < -0.4 is 20.9 Å². The van der Waals surface area contributed by atoms with Crippen LogP contribution in [0.15, 0.2) is 24.5 Å². The molecule has 3 aliphatic rings. The van der Waals surface area contributed by atoms with Crippen molar-refractivity contribution in [2.24, 2.45) is 0 Å². The van der Waals surface area contributed by atoms with Crippen LogP contribution in [0.5, 0.6) is 0 Å². The Morgan fingerprint density at radius 2 is 2.07 bits per heavy atom. The highest BCUT2D eigenvalue weighted by molar-refractivity contribution is 5.66. The predicted molar refractivity (Wildman–Crippen MR) is 109 cm³/mol. The number of rotatable bonds is 7. The normalized spacial score (nSPS) is 24.4. The van der Waals surface area contributed by atoms with Gasteiger partial charge in [0, 0.05) is 55.0 Å². The number of hydrogen-bond acceptors (Lipinski definition) is 8. The van der Waals surface area contributed by atoms with Crippen LogP contribution in [0.25, 0.3) is 0 Å². The summed E-state index contributed by atoms with van der Waals surface area (Å²) >= 11 is 0. The molecule has 1 saturated carbocycles. The van der Waals surface area contributed by atoms with Gasteiger partial charge in [0.15, 0.2) is 0 Å². The lowest BCUT2D eigenvalue weighted by Gasteiger charge is -2.30. The fraction of sp³-hybridized carbons (Fsp3) is 0.550. The number of nitrogens with one attached hydrogen (secondary N) is 3. The van der Waals surface area contributed by atoms with Gasteiger partial charge in [-0.3, -0.25) is 4.98 Å². The van der Waals surface area contributed by atoms with Crippen molar-refractivity contribution < 1.29 is 5.11 Å². The lowest BCUT2D eigenvalue weighted by molar-refractivity contribution is 0.281. The molecule has 2 aliphatic heterocycles. The van der Waals surface area contributed by atoms with Gasteiger partial charge < -0.3 is 26.0 Å². The summed E-state index contributed by atoms with van der Waals surface area (Å²) in [6.07, 6.45) is 7.27. The number of nitrogens with zero attached hydrogens (tertiary/aromatic N) is 4. The highest BCUT2D eigenvalue weighted by Crippen LogP contribution is 2.38. The molecule has 4 heterocycles. The Balaban J connectivity index is 1.40. The van der Waals surface area contributed by atoms with E-state index in [0.717, 1.165) is 36.1 Å². The number of aliphatic hydroxyl groups is 1. The third kappa shape index (κ3) is 3.62. The number of fused-ring (bicyclic) bond motifs is 2. The fourth-order valence-corrected chi connectivity index (χ4v) is 4.12. The van der Waals surface area contributed by atoms with E-state index in [0.29, 0.717) is 23.8 Å². The summed E-state index contributed by atoms with van der Waals surface area (Å²) in [6.45, 7) is 4.03. The van der Waals surface area contributed by atoms with E-state index in [2.05, 4.69) is 47.9 Å². The van der Waals surface area contributed by atoms with Crippen LogP contribution in [0, 0.1) is 0 Å². The van der Waals surface area contributed by atoms with Gasteiger partial charge in [-0.15, -0.1) is 0 Å². The second-order valence-electron chi connectivity index (χ2n) is 8.20. The van der Waals surface area contributed by atoms with Crippen LogP contribution in [-0.4, -0.2) is 57.9 Å². The van der Waals surface area contributed by atoms with E-state index in [-0.39, 0.29) is 12.6 Å². The summed E-state index contributed by atoms with van der Waals surface area (Å²) in [7, 11) is 0. The van der Waals surface area contributed by atoms with Gasteiger partial charge in [0.2, 0.25) is 0 Å². The molecule has 5 rings (SSSR count). The van der Waals surface area contributed by atoms with Gasteiger partial charge in [-0.2, -0.15) is 0 Å². The molecule has 2 bridgehead atoms. The molecule has 3 fully saturated rings. The van der Waals surface area contributed by atoms with Gasteiger partial charge in [-0.25, -0.2) is 9.97 Å². The minimum Gasteiger partial charge on any atom is -0.394 e. The second-order valence-corrected chi connectivity index (χ2v) is 8.20. The summed E-state index contributed by atoms with van der Waals surface area (Å²) in [5.41, 5.74) is 2.22. The first-order valence-electron chi connectivity index (χ1n) is 10.2. The van der Waals surface area contributed by atoms with Gasteiger partial charge in [0.1, 0.15) is 17.5 Å². The molecule has 1 aliphatic carbocycles. The maximum Gasteiger partial charge on any atom is 0.150 e. The number of pyridine rings is 1. The third-order valence-corrected chi connectivity index (χ3v) is 5.79. The summed E-state index contributed by atoms with van der Waals surface area (Å²) in [4.78, 5) is 16.2. The number of aromatic nitrogens is 3. The van der Waals surface area contributed by atoms with Crippen LogP contribution >= 0.6 is 0 Å². The Morgan fingerprint density at radius 1 is 1.21 bits per heavy atom. The number of aliphatic hydroxyl groups excluding tert-OH is 1. The molecule has 28 heavy (non-hydrogen) atoms. The summed E-state index contributed by atoms with van der Waals surface area (Å²) in [5.74, 6) is 2.77. The molecule has 2 aromatic heterocycles. The average Bonchev–Trinajstić information content (AvgIpc) is 3.34. The van der Waals surface area contributed by atoms with Gasteiger partial charge >= 0.3 is 0 Å². The van der Waals surface area contributed by atoms with Crippen molar-refractivity contribution in [3.8, 4) is 0 Å². The first-order valence-corrected chi connectivity index (χ1v) is 10.2. The predicted octanol–water partition coefficient (Wildman–Crippen LogP) is 1.84. The Morgan fingerprint density at radius 3 is 2.71 bits per heavy atom. The zero-order valence-corrected chi connectivity index (χ0v) is 16.1. The Kier molecular flexibility index (Phi) is 4.52. The molecule has 0 radical (unpaired) electrons. The maximum atomic E-state index is 9.40. The highest BCUT2D eigenvalue weighted by Gasteiger charge is 2.37. The quantitative estimate of drug-likeness (QED) is 0.577. The summed E-state index contributed by atoms with van der Waals surface area (Å²) < 4.78 is 0. The van der Waals surface area contributed by atoms with E-state index in [1.54, 1.807) is 6.20 Å². The molecular weight excluding hydrogens is 354 g/mol. The van der Waals surface area contributed by atoms with Gasteiger partial charge in [0.25, 0.3) is 0 Å². The van der Waals surface area contributed by atoms with Gasteiger partial charge in [0.05, 0.1) is 24.7 Å². The fourth-order valence-electron chi connectivity index (χ4n) is 4.12. The minimum absolute atomic E-state index is 0.0567. The van der Waals surface area contributed by atoms with Crippen molar-refractivity contribution in [1.82, 2.24) is 20.3 Å². The van der Waals surface area contributed by atoms with Crippen LogP contribution in [0.2, 0.25) is 0 Å². The standard InChI is InChI=1S/C20H27N7O/c1-12(11-28)24-18-5-15(27-10-14-4-16(27)7-21-14)6-19(25-18)26-20-9-22-17(8-23-20)13-2-3-13/h5-6,8-9,12-14,16,21,28H,2-4,7,10-11H2,1H3,(H2,23,24,25,26)/t12-,14?,16?/m0/s1. The van der Waals surface area contributed by atoms with Gasteiger partial charge in [-0.05, 0) is 26.2 Å². The van der Waals surface area contributed by atoms with E-state index in [1.807, 2.05) is 13.1 Å². The van der Waals surface area contributed by atoms with Crippen molar-refractivity contribution >= 4 is 23.1 Å². The molecule has 2 saturated heterocycles. The van der Waals surface area contributed by atoms with Crippen molar-refractivity contribution in [2.45, 2.75) is 50.2 Å². The van der Waals surface area contributed by atoms with Crippen LogP contribution in [0.4, 0.5) is 23.1 Å².